The Morgan fingerprint density at radius 2 is 1.79 bits per heavy atom. The molecule has 9 nitrogen and oxygen atoms in total. The smallest absolute Gasteiger partial charge is 0.235 e. The summed E-state index contributed by atoms with van der Waals surface area (Å²) in [5.41, 5.74) is 7.88. The van der Waals surface area contributed by atoms with Crippen LogP contribution in [0.2, 0.25) is 0 Å². The highest BCUT2D eigenvalue weighted by molar-refractivity contribution is 6.06. The molecule has 2 amide bonds. The van der Waals surface area contributed by atoms with Gasteiger partial charge in [0.1, 0.15) is 5.84 Å². The number of carbonyl (C=O) groups is 2. The molecule has 4 heterocycles. The molecule has 3 saturated heterocycles. The molecule has 6 rings (SSSR count). The first kappa shape index (κ1) is 20.2. The molecule has 9 heteroatoms. The second-order valence-corrected chi connectivity index (χ2v) is 9.14. The van der Waals surface area contributed by atoms with Gasteiger partial charge in [0.2, 0.25) is 18.6 Å². The number of amides is 2. The van der Waals surface area contributed by atoms with Gasteiger partial charge in [0.25, 0.3) is 0 Å². The Hall–Kier alpha value is -3.43. The number of nitrogens with one attached hydrogen (secondary N) is 1. The van der Waals surface area contributed by atoms with E-state index in [0.29, 0.717) is 30.0 Å². The van der Waals surface area contributed by atoms with Gasteiger partial charge < -0.3 is 20.3 Å². The number of aliphatic hydroxyl groups excluding tert-OH is 1. The lowest BCUT2D eigenvalue weighted by molar-refractivity contribution is -0.142. The fraction of sp³-hybridized carbons (Fsp3) is 0.375. The van der Waals surface area contributed by atoms with Crippen molar-refractivity contribution in [1.82, 2.24) is 9.80 Å². The van der Waals surface area contributed by atoms with Crippen LogP contribution in [0.15, 0.2) is 42.5 Å². The molecular weight excluding hydrogens is 424 g/mol. The molecule has 5 atom stereocenters. The standard InChI is InChI=1S/C24H24N4O5/c25-22(26)14-4-2-13(3-5-14)21-20-19(16-8-15(29)10-27(16)21)23(30)28(24(20)31)9-12-1-6-17-18(7-12)33-11-32-17/h1-7,15-16,19-21,29H,8-11H2,(H3,25,26)/t15-,16-,19-,20-,21-/m0/s1. The summed E-state index contributed by atoms with van der Waals surface area (Å²) in [5, 5.41) is 18.0. The SMILES string of the molecule is N=C(N)c1ccc([C@H]2[C@H]3C(=O)N(Cc4ccc5c(c4)OCO5)C(=O)[C@H]3[C@@H]3C[C@H](O)CN32)cc1. The van der Waals surface area contributed by atoms with E-state index in [1.54, 1.807) is 24.3 Å². The quantitative estimate of drug-likeness (QED) is 0.361. The molecule has 0 aromatic heterocycles. The van der Waals surface area contributed by atoms with Gasteiger partial charge in [0.05, 0.1) is 24.5 Å². The summed E-state index contributed by atoms with van der Waals surface area (Å²) < 4.78 is 10.8. The second kappa shape index (κ2) is 7.29. The zero-order valence-electron chi connectivity index (χ0n) is 17.8. The molecule has 4 N–H and O–H groups in total. The minimum Gasteiger partial charge on any atom is -0.454 e. The molecule has 0 aliphatic carbocycles. The van der Waals surface area contributed by atoms with E-state index in [4.69, 9.17) is 20.6 Å². The van der Waals surface area contributed by atoms with E-state index < -0.39 is 17.9 Å². The van der Waals surface area contributed by atoms with Crippen LogP contribution in [0.1, 0.15) is 29.2 Å². The predicted molar refractivity (Wildman–Crippen MR) is 116 cm³/mol. The molecule has 0 bridgehead atoms. The fourth-order valence-corrected chi connectivity index (χ4v) is 5.89. The minimum atomic E-state index is -0.527. The number of benzene rings is 2. The molecule has 33 heavy (non-hydrogen) atoms. The van der Waals surface area contributed by atoms with E-state index in [-0.39, 0.29) is 43.1 Å². The van der Waals surface area contributed by atoms with Crippen molar-refractivity contribution in [1.29, 1.82) is 5.41 Å². The number of imide groups is 1. The van der Waals surface area contributed by atoms with Gasteiger partial charge in [-0.3, -0.25) is 24.8 Å². The molecule has 2 aromatic carbocycles. The first-order chi connectivity index (χ1) is 15.9. The first-order valence-electron chi connectivity index (χ1n) is 11.0. The molecule has 4 aliphatic heterocycles. The number of rotatable bonds is 4. The summed E-state index contributed by atoms with van der Waals surface area (Å²) in [6.45, 7) is 0.764. The summed E-state index contributed by atoms with van der Waals surface area (Å²) in [6, 6.07) is 12.2. The molecule has 3 fully saturated rings. The lowest BCUT2D eigenvalue weighted by Crippen LogP contribution is -2.39. The maximum atomic E-state index is 13.6. The number of aliphatic hydroxyl groups is 1. The van der Waals surface area contributed by atoms with Crippen LogP contribution in [0.4, 0.5) is 0 Å². The maximum Gasteiger partial charge on any atom is 0.235 e. The van der Waals surface area contributed by atoms with Crippen LogP contribution < -0.4 is 15.2 Å². The van der Waals surface area contributed by atoms with Gasteiger partial charge >= 0.3 is 0 Å². The van der Waals surface area contributed by atoms with Gasteiger partial charge in [-0.15, -0.1) is 0 Å². The number of fused-ring (bicyclic) bond motifs is 4. The van der Waals surface area contributed by atoms with E-state index in [1.807, 2.05) is 18.2 Å². The lowest BCUT2D eigenvalue weighted by Gasteiger charge is -2.29. The molecule has 2 aromatic rings. The monoisotopic (exact) mass is 448 g/mol. The summed E-state index contributed by atoms with van der Waals surface area (Å²) in [7, 11) is 0. The number of likely N-dealkylation sites (tertiary alicyclic amines) is 1. The topological polar surface area (TPSA) is 129 Å². The molecule has 0 spiro atoms. The Morgan fingerprint density at radius 1 is 1.06 bits per heavy atom. The van der Waals surface area contributed by atoms with Crippen molar-refractivity contribution < 1.29 is 24.2 Å². The van der Waals surface area contributed by atoms with Crippen molar-refractivity contribution in [2.75, 3.05) is 13.3 Å². The van der Waals surface area contributed by atoms with Gasteiger partial charge in [0.15, 0.2) is 11.5 Å². The lowest BCUT2D eigenvalue weighted by atomic mass is 9.85. The van der Waals surface area contributed by atoms with Crippen molar-refractivity contribution in [3.05, 3.63) is 59.2 Å². The number of hydrogen-bond acceptors (Lipinski definition) is 7. The summed E-state index contributed by atoms with van der Waals surface area (Å²) in [5.74, 6) is -0.128. The number of hydrogen-bond donors (Lipinski definition) is 3. The van der Waals surface area contributed by atoms with Gasteiger partial charge in [-0.1, -0.05) is 30.3 Å². The van der Waals surface area contributed by atoms with Crippen LogP contribution in [0.25, 0.3) is 0 Å². The highest BCUT2D eigenvalue weighted by atomic mass is 16.7. The Kier molecular flexibility index (Phi) is 4.46. The van der Waals surface area contributed by atoms with E-state index >= 15 is 0 Å². The molecule has 0 saturated carbocycles. The first-order valence-corrected chi connectivity index (χ1v) is 11.0. The van der Waals surface area contributed by atoms with E-state index in [9.17, 15) is 14.7 Å². The van der Waals surface area contributed by atoms with Gasteiger partial charge in [0, 0.05) is 24.2 Å². The molecular formula is C24H24N4O5. The highest BCUT2D eigenvalue weighted by Gasteiger charge is 2.64. The Labute approximate surface area is 190 Å². The highest BCUT2D eigenvalue weighted by Crippen LogP contribution is 2.53. The van der Waals surface area contributed by atoms with Crippen LogP contribution in [0.5, 0.6) is 11.5 Å². The molecule has 170 valence electrons. The largest absolute Gasteiger partial charge is 0.454 e. The van der Waals surface area contributed by atoms with Crippen LogP contribution in [-0.2, 0) is 16.1 Å². The third kappa shape index (κ3) is 3.03. The van der Waals surface area contributed by atoms with Crippen LogP contribution in [0.3, 0.4) is 0 Å². The number of ether oxygens (including phenoxy) is 2. The normalized spacial score (nSPS) is 30.1. The number of nitrogens with zero attached hydrogens (tertiary/aromatic N) is 2. The second-order valence-electron chi connectivity index (χ2n) is 9.14. The number of amidine groups is 1. The molecule has 0 radical (unpaired) electrons. The van der Waals surface area contributed by atoms with E-state index in [0.717, 1.165) is 11.1 Å². The van der Waals surface area contributed by atoms with Crippen LogP contribution in [0, 0.1) is 17.2 Å². The van der Waals surface area contributed by atoms with Crippen molar-refractivity contribution in [2.45, 2.75) is 31.2 Å². The van der Waals surface area contributed by atoms with Gasteiger partial charge in [-0.05, 0) is 29.7 Å². The fourth-order valence-electron chi connectivity index (χ4n) is 5.89. The molecule has 0 unspecified atom stereocenters. The summed E-state index contributed by atoms with van der Waals surface area (Å²) in [4.78, 5) is 30.6. The Morgan fingerprint density at radius 3 is 2.55 bits per heavy atom. The minimum absolute atomic E-state index is 0.0256. The summed E-state index contributed by atoms with van der Waals surface area (Å²) in [6.07, 6.45) is -0.0548. The Bertz CT molecular complexity index is 1170. The number of carbonyl (C=O) groups excluding carboxylic acids is 2. The van der Waals surface area contributed by atoms with Crippen LogP contribution >= 0.6 is 0 Å². The van der Waals surface area contributed by atoms with Gasteiger partial charge in [-0.25, -0.2) is 0 Å². The van der Waals surface area contributed by atoms with E-state index in [2.05, 4.69) is 4.90 Å². The molecule has 4 aliphatic rings. The van der Waals surface area contributed by atoms with Crippen molar-refractivity contribution in [3.8, 4) is 11.5 Å². The zero-order chi connectivity index (χ0) is 22.9. The predicted octanol–water partition coefficient (Wildman–Crippen LogP) is 0.991. The van der Waals surface area contributed by atoms with Gasteiger partial charge in [-0.2, -0.15) is 0 Å². The number of nitrogens with two attached hydrogens (primary N) is 1. The average Bonchev–Trinajstić information content (AvgIpc) is 3.53. The third-order valence-corrected chi connectivity index (χ3v) is 7.30. The Balaban J connectivity index is 1.33. The average molecular weight is 448 g/mol. The maximum absolute atomic E-state index is 13.6. The van der Waals surface area contributed by atoms with Crippen molar-refractivity contribution in [2.24, 2.45) is 17.6 Å². The zero-order valence-corrected chi connectivity index (χ0v) is 17.8. The van der Waals surface area contributed by atoms with E-state index in [1.165, 1.54) is 4.90 Å². The van der Waals surface area contributed by atoms with Crippen LogP contribution in [-0.4, -0.2) is 58.0 Å². The van der Waals surface area contributed by atoms with Crippen molar-refractivity contribution >= 4 is 17.6 Å². The summed E-state index contributed by atoms with van der Waals surface area (Å²) >= 11 is 0. The van der Waals surface area contributed by atoms with Crippen molar-refractivity contribution in [3.63, 3.8) is 0 Å². The third-order valence-electron chi connectivity index (χ3n) is 7.30. The number of nitrogen functional groups attached to an aromatic ring is 1.